The van der Waals surface area contributed by atoms with E-state index in [0.29, 0.717) is 5.92 Å². The first-order valence-corrected chi connectivity index (χ1v) is 6.31. The Hall–Kier alpha value is -1.01. The van der Waals surface area contributed by atoms with Crippen molar-refractivity contribution in [1.29, 1.82) is 0 Å². The van der Waals surface area contributed by atoms with E-state index in [2.05, 4.69) is 17.4 Å². The Morgan fingerprint density at radius 3 is 3.06 bits per heavy atom. The largest absolute Gasteiger partial charge is 0.465 e. The zero-order valence-corrected chi connectivity index (χ0v) is 10.4. The van der Waals surface area contributed by atoms with E-state index in [1.165, 1.54) is 57.3 Å². The molecule has 0 amide bonds. The number of carbonyl (C=O) groups is 1. The number of hydrogen-bond acceptors (Lipinski definition) is 2. The Morgan fingerprint density at radius 1 is 1.56 bits per heavy atom. The summed E-state index contributed by atoms with van der Waals surface area (Å²) < 4.78 is 4.59. The van der Waals surface area contributed by atoms with Crippen LogP contribution in [0, 0.1) is 5.92 Å². The molecule has 0 spiro atoms. The third-order valence-corrected chi connectivity index (χ3v) is 3.22. The summed E-state index contributed by atoms with van der Waals surface area (Å²) in [5.41, 5.74) is 4.47. The van der Waals surface area contributed by atoms with Crippen LogP contribution >= 0.6 is 0 Å². The molecule has 0 aliphatic heterocycles. The third kappa shape index (κ3) is 4.24. The Morgan fingerprint density at radius 2 is 2.38 bits per heavy atom. The molecular weight excluding hydrogens is 200 g/mol. The molecule has 1 aliphatic carbocycles. The van der Waals surface area contributed by atoms with Crippen LogP contribution in [-0.4, -0.2) is 13.1 Å². The molecule has 1 saturated carbocycles. The standard InChI is InChI=1S/C14H22O2/c1-3-4-7-12-8-5-6-9-13(12)10-11-14(15)16-2/h11-12H,3-9H2,1-2H3. The lowest BCUT2D eigenvalue weighted by Gasteiger charge is -2.23. The monoisotopic (exact) mass is 222 g/mol. The lowest BCUT2D eigenvalue weighted by atomic mass is 9.81. The summed E-state index contributed by atoms with van der Waals surface area (Å²) in [6.45, 7) is 2.22. The molecule has 2 nitrogen and oxygen atoms in total. The summed E-state index contributed by atoms with van der Waals surface area (Å²) in [5.74, 6) is 0.349. The van der Waals surface area contributed by atoms with Crippen LogP contribution in [0.3, 0.4) is 0 Å². The number of methoxy groups -OCH3 is 1. The van der Waals surface area contributed by atoms with Gasteiger partial charge in [-0.05, 0) is 37.2 Å². The predicted octanol–water partition coefficient (Wildman–Crippen LogP) is 3.62. The van der Waals surface area contributed by atoms with Crippen molar-refractivity contribution in [3.63, 3.8) is 0 Å². The van der Waals surface area contributed by atoms with Gasteiger partial charge in [0.05, 0.1) is 13.2 Å². The molecule has 0 radical (unpaired) electrons. The summed E-state index contributed by atoms with van der Waals surface area (Å²) in [6.07, 6.45) is 10.1. The van der Waals surface area contributed by atoms with Crippen molar-refractivity contribution in [2.75, 3.05) is 7.11 Å². The quantitative estimate of drug-likeness (QED) is 0.412. The van der Waals surface area contributed by atoms with Crippen molar-refractivity contribution in [3.8, 4) is 0 Å². The lowest BCUT2D eigenvalue weighted by molar-refractivity contribution is -0.134. The fraction of sp³-hybridized carbons (Fsp3) is 0.714. The lowest BCUT2D eigenvalue weighted by Crippen LogP contribution is -2.09. The summed E-state index contributed by atoms with van der Waals surface area (Å²) in [7, 11) is 1.40. The van der Waals surface area contributed by atoms with Crippen molar-refractivity contribution < 1.29 is 9.53 Å². The smallest absolute Gasteiger partial charge is 0.338 e. The number of carbonyl (C=O) groups excluding carboxylic acids is 1. The van der Waals surface area contributed by atoms with Crippen molar-refractivity contribution in [3.05, 3.63) is 17.4 Å². The van der Waals surface area contributed by atoms with E-state index in [0.717, 1.165) is 6.42 Å². The third-order valence-electron chi connectivity index (χ3n) is 3.22. The van der Waals surface area contributed by atoms with Crippen LogP contribution in [0.2, 0.25) is 0 Å². The predicted molar refractivity (Wildman–Crippen MR) is 65.1 cm³/mol. The maximum atomic E-state index is 11.0. The molecular formula is C14H22O2. The minimum atomic E-state index is -0.299. The summed E-state index contributed by atoms with van der Waals surface area (Å²) in [6, 6.07) is 0. The van der Waals surface area contributed by atoms with Gasteiger partial charge in [-0.25, -0.2) is 4.79 Å². The van der Waals surface area contributed by atoms with Gasteiger partial charge in [0, 0.05) is 0 Å². The molecule has 1 atom stereocenters. The van der Waals surface area contributed by atoms with Crippen LogP contribution < -0.4 is 0 Å². The van der Waals surface area contributed by atoms with Gasteiger partial charge in [0.2, 0.25) is 0 Å². The number of rotatable bonds is 4. The number of esters is 1. The molecule has 2 heteroatoms. The summed E-state index contributed by atoms with van der Waals surface area (Å²) >= 11 is 0. The maximum absolute atomic E-state index is 11.0. The molecule has 16 heavy (non-hydrogen) atoms. The molecule has 1 unspecified atom stereocenters. The minimum absolute atomic E-state index is 0.299. The molecule has 1 rings (SSSR count). The van der Waals surface area contributed by atoms with Crippen molar-refractivity contribution in [2.45, 2.75) is 51.9 Å². The first-order valence-electron chi connectivity index (χ1n) is 6.31. The molecule has 0 heterocycles. The summed E-state index contributed by atoms with van der Waals surface area (Å²) in [5, 5.41) is 0. The van der Waals surface area contributed by atoms with E-state index < -0.39 is 0 Å². The molecule has 0 aromatic rings. The second-order valence-electron chi connectivity index (χ2n) is 4.42. The van der Waals surface area contributed by atoms with Gasteiger partial charge in [-0.1, -0.05) is 26.2 Å². The van der Waals surface area contributed by atoms with Crippen LogP contribution in [0.25, 0.3) is 0 Å². The van der Waals surface area contributed by atoms with E-state index in [4.69, 9.17) is 0 Å². The molecule has 0 aromatic carbocycles. The Bertz CT molecular complexity index is 285. The van der Waals surface area contributed by atoms with Crippen LogP contribution in [0.15, 0.2) is 17.4 Å². The van der Waals surface area contributed by atoms with Crippen molar-refractivity contribution in [2.24, 2.45) is 5.92 Å². The Kier molecular flexibility index (Phi) is 5.95. The number of unbranched alkanes of at least 4 members (excludes halogenated alkanes) is 1. The first-order chi connectivity index (χ1) is 7.77. The van der Waals surface area contributed by atoms with Gasteiger partial charge < -0.3 is 4.74 Å². The fourth-order valence-electron chi connectivity index (χ4n) is 2.25. The highest BCUT2D eigenvalue weighted by atomic mass is 16.5. The van der Waals surface area contributed by atoms with Gasteiger partial charge in [0.25, 0.3) is 0 Å². The minimum Gasteiger partial charge on any atom is -0.465 e. The zero-order valence-electron chi connectivity index (χ0n) is 10.4. The molecule has 0 saturated heterocycles. The molecule has 0 N–H and O–H groups in total. The molecule has 90 valence electrons. The summed E-state index contributed by atoms with van der Waals surface area (Å²) in [4.78, 5) is 11.0. The highest BCUT2D eigenvalue weighted by Crippen LogP contribution is 2.32. The van der Waals surface area contributed by atoms with Gasteiger partial charge in [-0.2, -0.15) is 0 Å². The van der Waals surface area contributed by atoms with E-state index in [1.54, 1.807) is 0 Å². The van der Waals surface area contributed by atoms with E-state index in [1.807, 2.05) is 0 Å². The maximum Gasteiger partial charge on any atom is 0.338 e. The average molecular weight is 222 g/mol. The first kappa shape index (κ1) is 13.1. The normalized spacial score (nSPS) is 20.1. The number of ether oxygens (including phenoxy) is 1. The van der Waals surface area contributed by atoms with Gasteiger partial charge in [0.15, 0.2) is 0 Å². The van der Waals surface area contributed by atoms with E-state index >= 15 is 0 Å². The fourth-order valence-corrected chi connectivity index (χ4v) is 2.25. The van der Waals surface area contributed by atoms with Gasteiger partial charge in [-0.15, -0.1) is 5.73 Å². The van der Waals surface area contributed by atoms with Gasteiger partial charge in [-0.3, -0.25) is 0 Å². The van der Waals surface area contributed by atoms with E-state index in [9.17, 15) is 4.79 Å². The topological polar surface area (TPSA) is 26.3 Å². The van der Waals surface area contributed by atoms with E-state index in [-0.39, 0.29) is 5.97 Å². The average Bonchev–Trinajstić information content (AvgIpc) is 2.34. The van der Waals surface area contributed by atoms with Gasteiger partial charge in [0.1, 0.15) is 0 Å². The second kappa shape index (κ2) is 7.29. The van der Waals surface area contributed by atoms with Crippen LogP contribution in [0.5, 0.6) is 0 Å². The van der Waals surface area contributed by atoms with Crippen LogP contribution in [-0.2, 0) is 9.53 Å². The Balaban J connectivity index is 2.65. The zero-order chi connectivity index (χ0) is 11.8. The molecule has 1 aliphatic rings. The van der Waals surface area contributed by atoms with Crippen LogP contribution in [0.4, 0.5) is 0 Å². The molecule has 1 fully saturated rings. The highest BCUT2D eigenvalue weighted by Gasteiger charge is 2.17. The van der Waals surface area contributed by atoms with Crippen molar-refractivity contribution in [1.82, 2.24) is 0 Å². The second-order valence-corrected chi connectivity index (χ2v) is 4.42. The number of hydrogen-bond donors (Lipinski definition) is 0. The highest BCUT2D eigenvalue weighted by molar-refractivity contribution is 5.81. The SMILES string of the molecule is CCCCC1CCCCC1=C=CC(=O)OC. The molecule has 0 aromatic heterocycles. The Labute approximate surface area is 98.4 Å². The molecule has 0 bridgehead atoms. The van der Waals surface area contributed by atoms with Gasteiger partial charge >= 0.3 is 5.97 Å². The van der Waals surface area contributed by atoms with Crippen molar-refractivity contribution >= 4 is 5.97 Å². The van der Waals surface area contributed by atoms with Crippen LogP contribution in [0.1, 0.15) is 51.9 Å².